The molecule has 3 saturated heterocycles. The molecule has 4 rings (SSSR count). The Kier molecular flexibility index (Phi) is 1.85. The van der Waals surface area contributed by atoms with Gasteiger partial charge < -0.3 is 0 Å². The number of piperidine rings is 1. The van der Waals surface area contributed by atoms with Gasteiger partial charge in [-0.05, 0) is 18.4 Å². The minimum Gasteiger partial charge on any atom is -0.254 e. The van der Waals surface area contributed by atoms with E-state index in [4.69, 9.17) is 0 Å². The van der Waals surface area contributed by atoms with Crippen LogP contribution in [0.5, 0.6) is 0 Å². The Morgan fingerprint density at radius 1 is 1.07 bits per heavy atom. The van der Waals surface area contributed by atoms with Gasteiger partial charge in [-0.2, -0.15) is 0 Å². The molecule has 1 aromatic rings. The second-order valence-corrected chi connectivity index (χ2v) is 4.47. The quantitative estimate of drug-likeness (QED) is 0.719. The lowest BCUT2D eigenvalue weighted by atomic mass is 9.71. The van der Waals surface area contributed by atoms with Crippen molar-refractivity contribution < 1.29 is 0 Å². The fourth-order valence-electron chi connectivity index (χ4n) is 2.72. The van der Waals surface area contributed by atoms with Crippen molar-refractivity contribution in [3.05, 3.63) is 35.9 Å². The van der Waals surface area contributed by atoms with Gasteiger partial charge in [-0.25, -0.2) is 5.01 Å². The van der Waals surface area contributed by atoms with Gasteiger partial charge in [-0.3, -0.25) is 5.43 Å². The number of rotatable bonds is 1. The average Bonchev–Trinajstić information content (AvgIpc) is 2.33. The summed E-state index contributed by atoms with van der Waals surface area (Å²) in [6.07, 6.45) is 2.62. The first-order valence-corrected chi connectivity index (χ1v) is 5.43. The maximum atomic E-state index is 3.49. The first-order valence-electron chi connectivity index (χ1n) is 5.43. The van der Waals surface area contributed by atoms with Gasteiger partial charge in [-0.1, -0.05) is 30.3 Å². The molecule has 1 aromatic carbocycles. The number of benzene rings is 1. The van der Waals surface area contributed by atoms with E-state index in [1.807, 2.05) is 0 Å². The molecule has 0 unspecified atom stereocenters. The standard InChI is InChI=1S/C12H16N2/c1-2-4-11(5-3-1)12-6-8-14(9-7-12)13-10-12/h1-5,13H,6-10H2. The molecule has 2 bridgehead atoms. The zero-order valence-electron chi connectivity index (χ0n) is 8.37. The molecular weight excluding hydrogens is 172 g/mol. The highest BCUT2D eigenvalue weighted by atomic mass is 15.5. The van der Waals surface area contributed by atoms with Gasteiger partial charge >= 0.3 is 0 Å². The Labute approximate surface area is 84.9 Å². The number of hydrazine groups is 1. The molecule has 0 radical (unpaired) electrons. The normalized spacial score (nSPS) is 35.9. The Morgan fingerprint density at radius 3 is 2.36 bits per heavy atom. The van der Waals surface area contributed by atoms with Crippen molar-refractivity contribution in [3.8, 4) is 0 Å². The zero-order chi connectivity index (χ0) is 9.43. The van der Waals surface area contributed by atoms with Crippen LogP contribution in [0.25, 0.3) is 0 Å². The van der Waals surface area contributed by atoms with Gasteiger partial charge in [0.05, 0.1) is 0 Å². The maximum absolute atomic E-state index is 3.49. The summed E-state index contributed by atoms with van der Waals surface area (Å²) in [5.41, 5.74) is 5.44. The van der Waals surface area contributed by atoms with Crippen LogP contribution in [0.15, 0.2) is 30.3 Å². The summed E-state index contributed by atoms with van der Waals surface area (Å²) in [4.78, 5) is 0. The second kappa shape index (κ2) is 3.07. The van der Waals surface area contributed by atoms with Crippen molar-refractivity contribution in [2.24, 2.45) is 0 Å². The van der Waals surface area contributed by atoms with Gasteiger partial charge in [0.1, 0.15) is 0 Å². The van der Waals surface area contributed by atoms with E-state index in [1.54, 1.807) is 0 Å². The number of nitrogens with one attached hydrogen (secondary N) is 1. The third-order valence-corrected chi connectivity index (χ3v) is 3.75. The van der Waals surface area contributed by atoms with Crippen molar-refractivity contribution in [3.63, 3.8) is 0 Å². The third-order valence-electron chi connectivity index (χ3n) is 3.75. The molecule has 0 spiro atoms. The molecule has 1 N–H and O–H groups in total. The fraction of sp³-hybridized carbons (Fsp3) is 0.500. The van der Waals surface area contributed by atoms with Crippen molar-refractivity contribution in [1.29, 1.82) is 0 Å². The van der Waals surface area contributed by atoms with E-state index in [0.717, 1.165) is 6.54 Å². The van der Waals surface area contributed by atoms with Crippen LogP contribution in [0, 0.1) is 0 Å². The lowest BCUT2D eigenvalue weighted by molar-refractivity contribution is 0.0340. The highest BCUT2D eigenvalue weighted by molar-refractivity contribution is 5.27. The molecule has 3 aliphatic heterocycles. The molecule has 14 heavy (non-hydrogen) atoms. The largest absolute Gasteiger partial charge is 0.254 e. The lowest BCUT2D eigenvalue weighted by Crippen LogP contribution is -2.60. The van der Waals surface area contributed by atoms with Gasteiger partial charge in [0.25, 0.3) is 0 Å². The van der Waals surface area contributed by atoms with Gasteiger partial charge in [0.15, 0.2) is 0 Å². The van der Waals surface area contributed by atoms with Gasteiger partial charge in [0.2, 0.25) is 0 Å². The molecule has 0 saturated carbocycles. The highest BCUT2D eigenvalue weighted by Gasteiger charge is 2.40. The van der Waals surface area contributed by atoms with E-state index in [2.05, 4.69) is 40.8 Å². The first-order chi connectivity index (χ1) is 6.89. The van der Waals surface area contributed by atoms with Crippen LogP contribution in [0.2, 0.25) is 0 Å². The van der Waals surface area contributed by atoms with E-state index >= 15 is 0 Å². The summed E-state index contributed by atoms with van der Waals surface area (Å²) in [5.74, 6) is 0. The molecule has 2 nitrogen and oxygen atoms in total. The zero-order valence-corrected chi connectivity index (χ0v) is 8.37. The first kappa shape index (κ1) is 8.45. The Bertz CT molecular complexity index is 299. The molecule has 0 aliphatic carbocycles. The molecule has 0 amide bonds. The fourth-order valence-corrected chi connectivity index (χ4v) is 2.72. The van der Waals surface area contributed by atoms with Crippen LogP contribution in [-0.2, 0) is 5.41 Å². The van der Waals surface area contributed by atoms with Crippen LogP contribution < -0.4 is 5.43 Å². The van der Waals surface area contributed by atoms with Crippen molar-refractivity contribution in [2.75, 3.05) is 19.6 Å². The van der Waals surface area contributed by atoms with Gasteiger partial charge in [-0.15, -0.1) is 0 Å². The number of hydrogen-bond donors (Lipinski definition) is 1. The Morgan fingerprint density at radius 2 is 1.79 bits per heavy atom. The van der Waals surface area contributed by atoms with Crippen molar-refractivity contribution >= 4 is 0 Å². The van der Waals surface area contributed by atoms with E-state index in [-0.39, 0.29) is 0 Å². The molecule has 0 aromatic heterocycles. The van der Waals surface area contributed by atoms with Crippen LogP contribution in [0.4, 0.5) is 0 Å². The summed E-state index contributed by atoms with van der Waals surface area (Å²) >= 11 is 0. The topological polar surface area (TPSA) is 15.3 Å². The Balaban J connectivity index is 1.96. The summed E-state index contributed by atoms with van der Waals surface area (Å²) in [7, 11) is 0. The Hall–Kier alpha value is -0.860. The predicted molar refractivity (Wildman–Crippen MR) is 56.9 cm³/mol. The predicted octanol–water partition coefficient (Wildman–Crippen LogP) is 1.54. The molecular formula is C12H16N2. The number of fused-ring (bicyclic) bond motifs is 3. The average molecular weight is 188 g/mol. The number of nitrogens with zero attached hydrogens (tertiary/aromatic N) is 1. The van der Waals surface area contributed by atoms with Crippen LogP contribution in [-0.4, -0.2) is 24.6 Å². The summed E-state index contributed by atoms with van der Waals surface area (Å²) in [5, 5.41) is 2.35. The lowest BCUT2D eigenvalue weighted by Gasteiger charge is -2.49. The summed E-state index contributed by atoms with van der Waals surface area (Å²) in [6.45, 7) is 3.53. The van der Waals surface area contributed by atoms with Gasteiger partial charge in [0, 0.05) is 25.0 Å². The van der Waals surface area contributed by atoms with Crippen LogP contribution in [0.3, 0.4) is 0 Å². The molecule has 3 heterocycles. The molecule has 74 valence electrons. The SMILES string of the molecule is c1ccc(C23CCN(CC2)NC3)cc1. The minimum absolute atomic E-state index is 0.427. The molecule has 3 aliphatic rings. The van der Waals surface area contributed by atoms with E-state index in [9.17, 15) is 0 Å². The second-order valence-electron chi connectivity index (χ2n) is 4.47. The smallest absolute Gasteiger partial charge is 0.0200 e. The molecule has 2 heteroatoms. The third kappa shape index (κ3) is 1.18. The molecule has 0 atom stereocenters. The monoisotopic (exact) mass is 188 g/mol. The summed E-state index contributed by atoms with van der Waals surface area (Å²) in [6, 6.07) is 11.0. The van der Waals surface area contributed by atoms with E-state index in [0.29, 0.717) is 5.41 Å². The van der Waals surface area contributed by atoms with E-state index < -0.39 is 0 Å². The van der Waals surface area contributed by atoms with Crippen molar-refractivity contribution in [2.45, 2.75) is 18.3 Å². The highest BCUT2D eigenvalue weighted by Crippen LogP contribution is 2.37. The van der Waals surface area contributed by atoms with Crippen LogP contribution in [0.1, 0.15) is 18.4 Å². The van der Waals surface area contributed by atoms with Crippen molar-refractivity contribution in [1.82, 2.24) is 10.4 Å². The number of hydrogen-bond acceptors (Lipinski definition) is 2. The molecule has 3 fully saturated rings. The minimum atomic E-state index is 0.427. The van der Waals surface area contributed by atoms with E-state index in [1.165, 1.54) is 31.5 Å². The summed E-state index contributed by atoms with van der Waals surface area (Å²) < 4.78 is 0. The maximum Gasteiger partial charge on any atom is 0.0200 e. The van der Waals surface area contributed by atoms with Crippen LogP contribution >= 0.6 is 0 Å².